The highest BCUT2D eigenvalue weighted by Crippen LogP contribution is 2.32. The summed E-state index contributed by atoms with van der Waals surface area (Å²) in [6, 6.07) is 4.79. The van der Waals surface area contributed by atoms with Crippen molar-refractivity contribution >= 4 is 33.4 Å². The Kier molecular flexibility index (Phi) is 7.48. The first-order valence-electron chi connectivity index (χ1n) is 11.0. The molecule has 0 bridgehead atoms. The van der Waals surface area contributed by atoms with Crippen LogP contribution >= 0.6 is 0 Å². The number of rotatable bonds is 9. The van der Waals surface area contributed by atoms with Crippen molar-refractivity contribution in [3.05, 3.63) is 29.3 Å². The second-order valence-corrected chi connectivity index (χ2v) is 10.8. The lowest BCUT2D eigenvalue weighted by atomic mass is 9.94. The zero-order chi connectivity index (χ0) is 22.6. The summed E-state index contributed by atoms with van der Waals surface area (Å²) in [6.07, 6.45) is 6.21. The van der Waals surface area contributed by atoms with Crippen molar-refractivity contribution in [2.75, 3.05) is 11.9 Å². The molecule has 0 radical (unpaired) electrons. The summed E-state index contributed by atoms with van der Waals surface area (Å²) >= 11 is 0. The number of benzene rings is 1. The molecule has 1 fully saturated rings. The fourth-order valence-electron chi connectivity index (χ4n) is 4.02. The molecule has 3 amide bonds. The van der Waals surface area contributed by atoms with Gasteiger partial charge in [-0.05, 0) is 57.7 Å². The number of amides is 3. The van der Waals surface area contributed by atoms with Gasteiger partial charge in [-0.25, -0.2) is 13.1 Å². The molecular formula is C22H31N3O5S. The van der Waals surface area contributed by atoms with Crippen molar-refractivity contribution in [2.45, 2.75) is 76.5 Å². The van der Waals surface area contributed by atoms with Crippen molar-refractivity contribution in [1.29, 1.82) is 0 Å². The number of hydrogen-bond acceptors (Lipinski definition) is 5. The van der Waals surface area contributed by atoms with E-state index in [4.69, 9.17) is 0 Å². The van der Waals surface area contributed by atoms with Gasteiger partial charge >= 0.3 is 0 Å². The molecule has 1 aromatic carbocycles. The smallest absolute Gasteiger partial charge is 0.261 e. The second-order valence-electron chi connectivity index (χ2n) is 8.53. The van der Waals surface area contributed by atoms with Gasteiger partial charge in [0.1, 0.15) is 0 Å². The first kappa shape index (κ1) is 23.4. The third-order valence-electron chi connectivity index (χ3n) is 5.90. The first-order chi connectivity index (χ1) is 14.7. The van der Waals surface area contributed by atoms with Crippen molar-refractivity contribution in [3.63, 3.8) is 0 Å². The Hall–Kier alpha value is -2.26. The van der Waals surface area contributed by atoms with Gasteiger partial charge in [0, 0.05) is 24.7 Å². The van der Waals surface area contributed by atoms with Crippen LogP contribution in [0, 0.1) is 0 Å². The number of anilines is 1. The van der Waals surface area contributed by atoms with Crippen molar-refractivity contribution < 1.29 is 22.8 Å². The molecule has 1 heterocycles. The molecule has 1 aliphatic carbocycles. The minimum Gasteiger partial charge on any atom is -0.326 e. The van der Waals surface area contributed by atoms with Gasteiger partial charge in [-0.3, -0.25) is 19.3 Å². The number of nitrogens with one attached hydrogen (secondary N) is 2. The monoisotopic (exact) mass is 449 g/mol. The Balaban J connectivity index is 1.52. The summed E-state index contributed by atoms with van der Waals surface area (Å²) in [7, 11) is -3.29. The van der Waals surface area contributed by atoms with E-state index < -0.39 is 15.3 Å². The van der Waals surface area contributed by atoms with Crippen LogP contribution in [0.2, 0.25) is 0 Å². The zero-order valence-corrected chi connectivity index (χ0v) is 19.0. The van der Waals surface area contributed by atoms with Gasteiger partial charge in [-0.15, -0.1) is 0 Å². The first-order valence-corrected chi connectivity index (χ1v) is 12.6. The topological polar surface area (TPSA) is 113 Å². The predicted molar refractivity (Wildman–Crippen MR) is 118 cm³/mol. The van der Waals surface area contributed by atoms with Gasteiger partial charge < -0.3 is 5.32 Å². The van der Waals surface area contributed by atoms with Crippen LogP contribution in [0.25, 0.3) is 0 Å². The number of fused-ring (bicyclic) bond motifs is 1. The molecule has 0 saturated heterocycles. The van der Waals surface area contributed by atoms with E-state index in [1.165, 1.54) is 4.90 Å². The lowest BCUT2D eigenvalue weighted by molar-refractivity contribution is -0.116. The molecule has 1 aliphatic heterocycles. The number of unbranched alkanes of at least 4 members (excludes halogenated alkanes) is 1. The third-order valence-corrected chi connectivity index (χ3v) is 7.74. The fourth-order valence-corrected chi connectivity index (χ4v) is 4.79. The van der Waals surface area contributed by atoms with E-state index in [0.29, 0.717) is 36.2 Å². The number of hydrogen-bond donors (Lipinski definition) is 2. The summed E-state index contributed by atoms with van der Waals surface area (Å²) in [6.45, 7) is 3.51. The van der Waals surface area contributed by atoms with Gasteiger partial charge in [0.2, 0.25) is 15.9 Å². The number of carbonyl (C=O) groups excluding carboxylic acids is 3. The van der Waals surface area contributed by atoms with Crippen LogP contribution in [-0.4, -0.2) is 48.9 Å². The van der Waals surface area contributed by atoms with Crippen LogP contribution in [0.1, 0.15) is 85.9 Å². The highest BCUT2D eigenvalue weighted by molar-refractivity contribution is 7.90. The van der Waals surface area contributed by atoms with E-state index in [2.05, 4.69) is 10.0 Å². The van der Waals surface area contributed by atoms with Crippen LogP contribution < -0.4 is 10.0 Å². The lowest BCUT2D eigenvalue weighted by Crippen LogP contribution is -2.40. The molecule has 1 aromatic rings. The van der Waals surface area contributed by atoms with Crippen molar-refractivity contribution in [2.24, 2.45) is 0 Å². The molecule has 9 heteroatoms. The summed E-state index contributed by atoms with van der Waals surface area (Å²) in [5.41, 5.74) is 1.22. The summed E-state index contributed by atoms with van der Waals surface area (Å²) in [5, 5.41) is 2.28. The molecule has 0 unspecified atom stereocenters. The van der Waals surface area contributed by atoms with Crippen LogP contribution in [0.5, 0.6) is 0 Å². The maximum absolute atomic E-state index is 12.9. The van der Waals surface area contributed by atoms with Crippen LogP contribution in [0.3, 0.4) is 0 Å². The fraction of sp³-hybridized carbons (Fsp3) is 0.591. The van der Waals surface area contributed by atoms with Crippen LogP contribution in [-0.2, 0) is 14.8 Å². The quantitative estimate of drug-likeness (QED) is 0.444. The Labute approximate surface area is 183 Å². The molecule has 31 heavy (non-hydrogen) atoms. The molecule has 0 aromatic heterocycles. The molecular weight excluding hydrogens is 418 g/mol. The van der Waals surface area contributed by atoms with Gasteiger partial charge in [0.25, 0.3) is 11.8 Å². The van der Waals surface area contributed by atoms with Gasteiger partial charge in [-0.1, -0.05) is 19.3 Å². The number of sulfonamides is 1. The second kappa shape index (κ2) is 9.91. The summed E-state index contributed by atoms with van der Waals surface area (Å²) < 4.78 is 25.9. The van der Waals surface area contributed by atoms with E-state index in [-0.39, 0.29) is 30.2 Å². The van der Waals surface area contributed by atoms with Crippen LogP contribution in [0.4, 0.5) is 5.69 Å². The van der Waals surface area contributed by atoms with E-state index in [1.54, 1.807) is 32.0 Å². The SMILES string of the molecule is CC(C)S(=O)(=O)NCCCCC(=O)Nc1ccc2c(c1)C(=O)N(C1CCCCC1)C2=O. The number of nitrogens with zero attached hydrogens (tertiary/aromatic N) is 1. The van der Waals surface area contributed by atoms with Gasteiger partial charge in [0.05, 0.1) is 16.4 Å². The lowest BCUT2D eigenvalue weighted by Gasteiger charge is -2.29. The van der Waals surface area contributed by atoms with E-state index in [0.717, 1.165) is 32.1 Å². The summed E-state index contributed by atoms with van der Waals surface area (Å²) in [4.78, 5) is 39.2. The largest absolute Gasteiger partial charge is 0.326 e. The molecule has 3 rings (SSSR count). The average molecular weight is 450 g/mol. The van der Waals surface area contributed by atoms with Crippen molar-refractivity contribution in [1.82, 2.24) is 9.62 Å². The Morgan fingerprint density at radius 2 is 1.74 bits per heavy atom. The number of imide groups is 1. The molecule has 1 saturated carbocycles. The Bertz CT molecular complexity index is 952. The Morgan fingerprint density at radius 3 is 2.42 bits per heavy atom. The van der Waals surface area contributed by atoms with Crippen molar-refractivity contribution in [3.8, 4) is 0 Å². The maximum atomic E-state index is 12.9. The van der Waals surface area contributed by atoms with E-state index >= 15 is 0 Å². The molecule has 2 aliphatic rings. The van der Waals surface area contributed by atoms with Crippen LogP contribution in [0.15, 0.2) is 18.2 Å². The average Bonchev–Trinajstić information content (AvgIpc) is 2.98. The van der Waals surface area contributed by atoms with Gasteiger partial charge in [-0.2, -0.15) is 0 Å². The molecule has 8 nitrogen and oxygen atoms in total. The highest BCUT2D eigenvalue weighted by Gasteiger charge is 2.40. The molecule has 2 N–H and O–H groups in total. The van der Waals surface area contributed by atoms with E-state index in [1.807, 2.05) is 0 Å². The molecule has 0 atom stereocenters. The molecule has 170 valence electrons. The Morgan fingerprint density at radius 1 is 1.06 bits per heavy atom. The van der Waals surface area contributed by atoms with Gasteiger partial charge in [0.15, 0.2) is 0 Å². The standard InChI is InChI=1S/C22H31N3O5S/c1-15(2)31(29,30)23-13-7-6-10-20(26)24-16-11-12-18-19(14-16)22(28)25(21(18)27)17-8-4-3-5-9-17/h11-12,14-15,17,23H,3-10,13H2,1-2H3,(H,24,26). The normalized spacial score (nSPS) is 17.3. The zero-order valence-electron chi connectivity index (χ0n) is 18.1. The third kappa shape index (κ3) is 5.51. The molecule has 0 spiro atoms. The van der Waals surface area contributed by atoms with E-state index in [9.17, 15) is 22.8 Å². The maximum Gasteiger partial charge on any atom is 0.261 e. The predicted octanol–water partition coefficient (Wildman–Crippen LogP) is 3.05. The minimum atomic E-state index is -3.29. The summed E-state index contributed by atoms with van der Waals surface area (Å²) in [5.74, 6) is -0.735. The number of carbonyl (C=O) groups is 3. The highest BCUT2D eigenvalue weighted by atomic mass is 32.2. The minimum absolute atomic E-state index is 0.0349.